The highest BCUT2D eigenvalue weighted by atomic mass is 35.5. The van der Waals surface area contributed by atoms with Crippen molar-refractivity contribution in [3.8, 4) is 0 Å². The van der Waals surface area contributed by atoms with Crippen LogP contribution in [0.2, 0.25) is 0 Å². The molecule has 0 N–H and O–H groups in total. The van der Waals surface area contributed by atoms with Crippen molar-refractivity contribution in [1.29, 1.82) is 0 Å². The number of aromatic nitrogens is 1. The molecule has 0 saturated carbocycles. The minimum Gasteiger partial charge on any atom is -0.465 e. The fourth-order valence-electron chi connectivity index (χ4n) is 0.972. The van der Waals surface area contributed by atoms with Gasteiger partial charge in [0.2, 0.25) is 0 Å². The van der Waals surface area contributed by atoms with E-state index in [0.717, 1.165) is 0 Å². The second-order valence-electron chi connectivity index (χ2n) is 2.93. The zero-order chi connectivity index (χ0) is 11.3. The molecule has 0 amide bonds. The minimum atomic E-state index is -0.368. The van der Waals surface area contributed by atoms with E-state index in [1.165, 1.54) is 18.9 Å². The van der Waals surface area contributed by atoms with Gasteiger partial charge in [0.05, 0.1) is 12.7 Å². The van der Waals surface area contributed by atoms with Crippen LogP contribution in [-0.2, 0) is 4.74 Å². The number of pyridine rings is 1. The van der Waals surface area contributed by atoms with Gasteiger partial charge in [-0.15, -0.1) is 23.4 Å². The lowest BCUT2D eigenvalue weighted by Crippen LogP contribution is -2.06. The van der Waals surface area contributed by atoms with Crippen molar-refractivity contribution in [1.82, 2.24) is 4.98 Å². The molecule has 1 aromatic rings. The van der Waals surface area contributed by atoms with Crippen molar-refractivity contribution < 1.29 is 9.53 Å². The summed E-state index contributed by atoms with van der Waals surface area (Å²) >= 11 is 7.17. The van der Waals surface area contributed by atoms with Crippen molar-refractivity contribution in [2.75, 3.05) is 13.0 Å². The molecular weight excluding hydrogens is 234 g/mol. The summed E-state index contributed by atoms with van der Waals surface area (Å²) in [5.74, 6) is 0.148. The van der Waals surface area contributed by atoms with Gasteiger partial charge in [0.15, 0.2) is 0 Å². The van der Waals surface area contributed by atoms with Crippen LogP contribution in [0.4, 0.5) is 0 Å². The molecule has 0 fully saturated rings. The fraction of sp³-hybridized carbons (Fsp3) is 0.400. The highest BCUT2D eigenvalue weighted by Crippen LogP contribution is 2.25. The molecule has 1 aromatic heterocycles. The Hall–Kier alpha value is -0.740. The second-order valence-corrected chi connectivity index (χ2v) is 4.67. The van der Waals surface area contributed by atoms with Crippen LogP contribution in [0, 0.1) is 0 Å². The molecule has 0 saturated heterocycles. The first kappa shape index (κ1) is 12.3. The van der Waals surface area contributed by atoms with Gasteiger partial charge in [0, 0.05) is 17.3 Å². The number of carbonyl (C=O) groups excluding carboxylic acids is 1. The maximum atomic E-state index is 11.4. The standard InChI is InChI=1S/C10H12ClNO2S/c1-7(6-11)15-9-8(10(13)14-2)4-3-5-12-9/h3-5,7H,6H2,1-2H3. The molecule has 1 heterocycles. The number of rotatable bonds is 4. The molecule has 5 heteroatoms. The first-order chi connectivity index (χ1) is 7.19. The largest absolute Gasteiger partial charge is 0.465 e. The zero-order valence-corrected chi connectivity index (χ0v) is 10.1. The molecule has 0 spiro atoms. The van der Waals surface area contributed by atoms with E-state index in [0.29, 0.717) is 16.5 Å². The van der Waals surface area contributed by atoms with Gasteiger partial charge in [0.1, 0.15) is 5.03 Å². The number of halogens is 1. The molecule has 0 bridgehead atoms. The molecule has 0 radical (unpaired) electrons. The predicted octanol–water partition coefficient (Wildman–Crippen LogP) is 2.59. The number of hydrogen-bond acceptors (Lipinski definition) is 4. The number of alkyl halides is 1. The zero-order valence-electron chi connectivity index (χ0n) is 8.57. The third kappa shape index (κ3) is 3.39. The number of thioether (sulfide) groups is 1. The molecule has 1 rings (SSSR count). The summed E-state index contributed by atoms with van der Waals surface area (Å²) < 4.78 is 4.67. The van der Waals surface area contributed by atoms with Crippen LogP contribution >= 0.6 is 23.4 Å². The fourth-order valence-corrected chi connectivity index (χ4v) is 2.01. The quantitative estimate of drug-likeness (QED) is 0.464. The SMILES string of the molecule is COC(=O)c1cccnc1SC(C)CCl. The lowest BCUT2D eigenvalue weighted by atomic mass is 10.3. The van der Waals surface area contributed by atoms with E-state index in [2.05, 4.69) is 9.72 Å². The third-order valence-corrected chi connectivity index (χ3v) is 3.47. The van der Waals surface area contributed by atoms with Crippen LogP contribution in [0.25, 0.3) is 0 Å². The van der Waals surface area contributed by atoms with Crippen molar-refractivity contribution in [3.05, 3.63) is 23.9 Å². The maximum absolute atomic E-state index is 11.4. The van der Waals surface area contributed by atoms with Crippen molar-refractivity contribution >= 4 is 29.3 Å². The van der Waals surface area contributed by atoms with E-state index >= 15 is 0 Å². The highest BCUT2D eigenvalue weighted by Gasteiger charge is 2.14. The Morgan fingerprint density at radius 1 is 1.73 bits per heavy atom. The van der Waals surface area contributed by atoms with Gasteiger partial charge >= 0.3 is 5.97 Å². The van der Waals surface area contributed by atoms with Gasteiger partial charge in [-0.1, -0.05) is 6.92 Å². The lowest BCUT2D eigenvalue weighted by molar-refractivity contribution is 0.0596. The number of ether oxygens (including phenoxy) is 1. The maximum Gasteiger partial charge on any atom is 0.340 e. The monoisotopic (exact) mass is 245 g/mol. The summed E-state index contributed by atoms with van der Waals surface area (Å²) in [6, 6.07) is 3.41. The van der Waals surface area contributed by atoms with E-state index in [1.54, 1.807) is 18.3 Å². The molecule has 3 nitrogen and oxygen atoms in total. The minimum absolute atomic E-state index is 0.213. The molecule has 0 aliphatic carbocycles. The topological polar surface area (TPSA) is 39.2 Å². The Kier molecular flexibility index (Phi) is 4.91. The number of nitrogens with zero attached hydrogens (tertiary/aromatic N) is 1. The Morgan fingerprint density at radius 3 is 3.07 bits per heavy atom. The molecule has 1 atom stereocenters. The third-order valence-electron chi connectivity index (χ3n) is 1.71. The highest BCUT2D eigenvalue weighted by molar-refractivity contribution is 8.00. The number of esters is 1. The average Bonchev–Trinajstić information content (AvgIpc) is 2.28. The van der Waals surface area contributed by atoms with E-state index in [9.17, 15) is 4.79 Å². The van der Waals surface area contributed by atoms with Crippen LogP contribution in [0.1, 0.15) is 17.3 Å². The molecule has 82 valence electrons. The number of carbonyl (C=O) groups is 1. The van der Waals surface area contributed by atoms with E-state index < -0.39 is 0 Å². The summed E-state index contributed by atoms with van der Waals surface area (Å²) in [6.07, 6.45) is 1.65. The average molecular weight is 246 g/mol. The summed E-state index contributed by atoms with van der Waals surface area (Å²) in [7, 11) is 1.36. The van der Waals surface area contributed by atoms with Crippen LogP contribution in [0.15, 0.2) is 23.4 Å². The van der Waals surface area contributed by atoms with Gasteiger partial charge in [-0.3, -0.25) is 0 Å². The molecule has 0 aliphatic heterocycles. The first-order valence-electron chi connectivity index (χ1n) is 4.45. The Bertz CT molecular complexity index is 346. The Balaban J connectivity index is 2.91. The van der Waals surface area contributed by atoms with Crippen LogP contribution in [0.5, 0.6) is 0 Å². The summed E-state index contributed by atoms with van der Waals surface area (Å²) in [4.78, 5) is 15.5. The van der Waals surface area contributed by atoms with E-state index in [4.69, 9.17) is 11.6 Å². The molecule has 0 aliphatic rings. The van der Waals surface area contributed by atoms with Gasteiger partial charge in [-0.05, 0) is 12.1 Å². The van der Waals surface area contributed by atoms with Crippen LogP contribution < -0.4 is 0 Å². The van der Waals surface area contributed by atoms with Gasteiger partial charge in [-0.2, -0.15) is 0 Å². The van der Waals surface area contributed by atoms with Gasteiger partial charge in [-0.25, -0.2) is 9.78 Å². The van der Waals surface area contributed by atoms with Gasteiger partial charge in [0.25, 0.3) is 0 Å². The second kappa shape index (κ2) is 5.98. The van der Waals surface area contributed by atoms with Gasteiger partial charge < -0.3 is 4.74 Å². The van der Waals surface area contributed by atoms with Crippen LogP contribution in [0.3, 0.4) is 0 Å². The van der Waals surface area contributed by atoms with E-state index in [-0.39, 0.29) is 11.2 Å². The summed E-state index contributed by atoms with van der Waals surface area (Å²) in [6.45, 7) is 1.98. The lowest BCUT2D eigenvalue weighted by Gasteiger charge is -2.09. The smallest absolute Gasteiger partial charge is 0.340 e. The van der Waals surface area contributed by atoms with Crippen LogP contribution in [-0.4, -0.2) is 29.2 Å². The number of hydrogen-bond donors (Lipinski definition) is 0. The Morgan fingerprint density at radius 2 is 2.47 bits per heavy atom. The van der Waals surface area contributed by atoms with Crippen molar-refractivity contribution in [2.24, 2.45) is 0 Å². The Labute approximate surface area is 98.2 Å². The van der Waals surface area contributed by atoms with Crippen molar-refractivity contribution in [2.45, 2.75) is 17.2 Å². The molecule has 15 heavy (non-hydrogen) atoms. The first-order valence-corrected chi connectivity index (χ1v) is 5.86. The summed E-state index contributed by atoms with van der Waals surface area (Å²) in [5.41, 5.74) is 0.488. The predicted molar refractivity (Wildman–Crippen MR) is 61.6 cm³/mol. The molecule has 1 unspecified atom stereocenters. The number of methoxy groups -OCH3 is 1. The normalized spacial score (nSPS) is 12.2. The summed E-state index contributed by atoms with van der Waals surface area (Å²) in [5, 5.41) is 0.877. The van der Waals surface area contributed by atoms with E-state index in [1.807, 2.05) is 6.92 Å². The molecule has 0 aromatic carbocycles. The molecular formula is C10H12ClNO2S. The van der Waals surface area contributed by atoms with Crippen molar-refractivity contribution in [3.63, 3.8) is 0 Å².